The Bertz CT molecular complexity index is 1460. The Labute approximate surface area is 315 Å². The highest BCUT2D eigenvalue weighted by atomic mass is 16.5. The fourth-order valence-electron chi connectivity index (χ4n) is 6.68. The third-order valence-electron chi connectivity index (χ3n) is 9.71. The Kier molecular flexibility index (Phi) is 18.0. The Balaban J connectivity index is 1.84. The average molecular weight is 736 g/mol. The van der Waals surface area contributed by atoms with Gasteiger partial charge in [0.25, 0.3) is 0 Å². The normalized spacial score (nSPS) is 17.0. The summed E-state index contributed by atoms with van der Waals surface area (Å²) in [5.41, 5.74) is -0.186. The number of ether oxygens (including phenoxy) is 1. The molecule has 11 nitrogen and oxygen atoms in total. The molecule has 53 heavy (non-hydrogen) atoms. The lowest BCUT2D eigenvalue weighted by Gasteiger charge is -2.29. The van der Waals surface area contributed by atoms with Crippen LogP contribution in [0.5, 0.6) is 0 Å². The largest absolute Gasteiger partial charge is 0.393 e. The molecule has 0 radical (unpaired) electrons. The highest BCUT2D eigenvalue weighted by molar-refractivity contribution is 5.97. The minimum Gasteiger partial charge on any atom is -0.393 e. The minimum absolute atomic E-state index is 0.0193. The van der Waals surface area contributed by atoms with Crippen molar-refractivity contribution in [3.05, 3.63) is 71.8 Å². The monoisotopic (exact) mass is 735 g/mol. The van der Waals surface area contributed by atoms with Crippen molar-refractivity contribution < 1.29 is 38.9 Å². The molecule has 3 rings (SSSR count). The van der Waals surface area contributed by atoms with Crippen molar-refractivity contribution in [1.82, 2.24) is 15.5 Å². The standard InChI is InChI=1S/C42H61N3O8/c1-29(2)22-36(43-40(50)33(17-16-31-12-8-6-9-13-31)25-35(47)27-45-18-20-53-21-19-45)38(48)26-34(24-32-14-10-7-11-15-32)41(51)44-37(23-30(3)4)39(49)42(5,52)28-46/h6-15,29-30,33-34,36-37,46,52H,16-28H2,1-5H3,(H,43,50)(H,44,51)/t33-,34-,36+,37-,42+/m1/s1. The Morgan fingerprint density at radius 2 is 1.30 bits per heavy atom. The first-order valence-electron chi connectivity index (χ1n) is 19.1. The molecule has 0 saturated carbocycles. The van der Waals surface area contributed by atoms with E-state index in [1.807, 2.05) is 93.3 Å². The third kappa shape index (κ3) is 15.2. The predicted octanol–water partition coefficient (Wildman–Crippen LogP) is 3.72. The van der Waals surface area contributed by atoms with Crippen molar-refractivity contribution in [3.8, 4) is 0 Å². The molecule has 2 aromatic carbocycles. The van der Waals surface area contributed by atoms with E-state index in [-0.39, 0.29) is 61.5 Å². The number of Topliss-reactive ketones (excluding diaryl/α,β-unsaturated/α-hetero) is 3. The summed E-state index contributed by atoms with van der Waals surface area (Å²) in [5.74, 6) is -3.50. The van der Waals surface area contributed by atoms with Gasteiger partial charge in [-0.3, -0.25) is 28.9 Å². The SMILES string of the molecule is CC(C)C[C@H](NC(=O)[C@H](CCc1ccccc1)CC(=O)CN1CCOCC1)C(=O)C[C@@H](Cc1ccccc1)C(=O)N[C@H](CC(C)C)C(=O)[C@@](C)(O)CO. The van der Waals surface area contributed by atoms with Gasteiger partial charge in [-0.2, -0.15) is 0 Å². The smallest absolute Gasteiger partial charge is 0.224 e. The highest BCUT2D eigenvalue weighted by Crippen LogP contribution is 2.21. The number of aliphatic hydroxyl groups excluding tert-OH is 1. The molecule has 0 spiro atoms. The van der Waals surface area contributed by atoms with E-state index in [1.54, 1.807) is 0 Å². The number of amides is 2. The van der Waals surface area contributed by atoms with E-state index in [9.17, 15) is 34.2 Å². The van der Waals surface area contributed by atoms with Crippen LogP contribution in [-0.2, 0) is 41.6 Å². The Morgan fingerprint density at radius 1 is 0.774 bits per heavy atom. The maximum absolute atomic E-state index is 14.2. The van der Waals surface area contributed by atoms with Crippen molar-refractivity contribution in [3.63, 3.8) is 0 Å². The van der Waals surface area contributed by atoms with Crippen molar-refractivity contribution in [2.24, 2.45) is 23.7 Å². The van der Waals surface area contributed by atoms with Gasteiger partial charge in [-0.1, -0.05) is 88.4 Å². The molecule has 0 unspecified atom stereocenters. The molecule has 292 valence electrons. The minimum atomic E-state index is -2.05. The lowest BCUT2D eigenvalue weighted by Crippen LogP contribution is -2.54. The van der Waals surface area contributed by atoms with E-state index >= 15 is 0 Å². The number of aryl methyl sites for hydroxylation is 1. The van der Waals surface area contributed by atoms with Crippen molar-refractivity contribution in [2.75, 3.05) is 39.5 Å². The van der Waals surface area contributed by atoms with Crippen LogP contribution in [0.1, 0.15) is 77.8 Å². The van der Waals surface area contributed by atoms with Gasteiger partial charge in [0.2, 0.25) is 11.8 Å². The number of benzene rings is 2. The zero-order chi connectivity index (χ0) is 39.0. The van der Waals surface area contributed by atoms with E-state index in [4.69, 9.17) is 4.74 Å². The Morgan fingerprint density at radius 3 is 1.87 bits per heavy atom. The number of aliphatic hydroxyl groups is 2. The van der Waals surface area contributed by atoms with Crippen LogP contribution in [0.3, 0.4) is 0 Å². The predicted molar refractivity (Wildman–Crippen MR) is 204 cm³/mol. The summed E-state index contributed by atoms with van der Waals surface area (Å²) in [5, 5.41) is 26.0. The maximum atomic E-state index is 14.2. The highest BCUT2D eigenvalue weighted by Gasteiger charge is 2.38. The first kappa shape index (κ1) is 43.6. The van der Waals surface area contributed by atoms with Gasteiger partial charge in [-0.15, -0.1) is 0 Å². The second-order valence-corrected chi connectivity index (χ2v) is 15.6. The van der Waals surface area contributed by atoms with Crippen LogP contribution < -0.4 is 10.6 Å². The number of nitrogens with one attached hydrogen (secondary N) is 2. The van der Waals surface area contributed by atoms with Crippen LogP contribution in [0, 0.1) is 23.7 Å². The number of ketones is 3. The van der Waals surface area contributed by atoms with Gasteiger partial charge < -0.3 is 25.6 Å². The average Bonchev–Trinajstić information content (AvgIpc) is 3.12. The molecule has 1 aliphatic rings. The van der Waals surface area contributed by atoms with Gasteiger partial charge >= 0.3 is 0 Å². The summed E-state index contributed by atoms with van der Waals surface area (Å²) in [6.45, 7) is 10.7. The van der Waals surface area contributed by atoms with Gasteiger partial charge in [0.05, 0.1) is 38.4 Å². The quantitative estimate of drug-likeness (QED) is 0.133. The molecule has 1 saturated heterocycles. The fraction of sp³-hybridized carbons (Fsp3) is 0.595. The van der Waals surface area contributed by atoms with Crippen LogP contribution in [0.25, 0.3) is 0 Å². The zero-order valence-electron chi connectivity index (χ0n) is 32.2. The molecule has 5 atom stereocenters. The molecular weight excluding hydrogens is 674 g/mol. The number of carbonyl (C=O) groups excluding carboxylic acids is 5. The number of hydrogen-bond acceptors (Lipinski definition) is 9. The second-order valence-electron chi connectivity index (χ2n) is 15.6. The molecule has 2 amide bonds. The summed E-state index contributed by atoms with van der Waals surface area (Å²) < 4.78 is 5.42. The molecule has 1 heterocycles. The fourth-order valence-corrected chi connectivity index (χ4v) is 6.68. The Hall–Kier alpha value is -3.77. The second kappa shape index (κ2) is 21.8. The van der Waals surface area contributed by atoms with Gasteiger partial charge in [0, 0.05) is 37.8 Å². The van der Waals surface area contributed by atoms with Crippen LogP contribution >= 0.6 is 0 Å². The molecule has 2 aromatic rings. The zero-order valence-corrected chi connectivity index (χ0v) is 32.2. The molecule has 0 aliphatic carbocycles. The molecule has 11 heteroatoms. The summed E-state index contributed by atoms with van der Waals surface area (Å²) in [6, 6.07) is 17.0. The molecule has 0 bridgehead atoms. The molecule has 4 N–H and O–H groups in total. The van der Waals surface area contributed by atoms with E-state index in [0.29, 0.717) is 45.6 Å². The van der Waals surface area contributed by atoms with Crippen molar-refractivity contribution >= 4 is 29.2 Å². The first-order chi connectivity index (χ1) is 25.2. The number of morpholine rings is 1. The van der Waals surface area contributed by atoms with Gasteiger partial charge in [-0.05, 0) is 62.0 Å². The molecule has 0 aromatic heterocycles. The number of carbonyl (C=O) groups is 5. The lowest BCUT2D eigenvalue weighted by atomic mass is 9.86. The van der Waals surface area contributed by atoms with E-state index in [2.05, 4.69) is 10.6 Å². The number of rotatable bonds is 23. The first-order valence-corrected chi connectivity index (χ1v) is 19.1. The van der Waals surface area contributed by atoms with Crippen LogP contribution in [0.15, 0.2) is 60.7 Å². The van der Waals surface area contributed by atoms with Gasteiger partial charge in [0.15, 0.2) is 11.6 Å². The number of nitrogens with zero attached hydrogens (tertiary/aromatic N) is 1. The summed E-state index contributed by atoms with van der Waals surface area (Å²) >= 11 is 0. The summed E-state index contributed by atoms with van der Waals surface area (Å²) in [4.78, 5) is 70.8. The van der Waals surface area contributed by atoms with E-state index in [1.165, 1.54) is 6.92 Å². The van der Waals surface area contributed by atoms with Crippen LogP contribution in [0.2, 0.25) is 0 Å². The lowest BCUT2D eigenvalue weighted by molar-refractivity contribution is -0.144. The summed E-state index contributed by atoms with van der Waals surface area (Å²) in [7, 11) is 0. The number of hydrogen-bond donors (Lipinski definition) is 4. The van der Waals surface area contributed by atoms with E-state index < -0.39 is 47.8 Å². The molecule has 1 aliphatic heterocycles. The van der Waals surface area contributed by atoms with Crippen LogP contribution in [0.4, 0.5) is 0 Å². The molecular formula is C42H61N3O8. The topological polar surface area (TPSA) is 162 Å². The van der Waals surface area contributed by atoms with Crippen molar-refractivity contribution in [2.45, 2.75) is 97.2 Å². The van der Waals surface area contributed by atoms with Crippen molar-refractivity contribution in [1.29, 1.82) is 0 Å². The molecule has 1 fully saturated rings. The van der Waals surface area contributed by atoms with Gasteiger partial charge in [-0.25, -0.2) is 0 Å². The van der Waals surface area contributed by atoms with E-state index in [0.717, 1.165) is 11.1 Å². The van der Waals surface area contributed by atoms with Gasteiger partial charge in [0.1, 0.15) is 11.4 Å². The maximum Gasteiger partial charge on any atom is 0.224 e. The summed E-state index contributed by atoms with van der Waals surface area (Å²) in [6.07, 6.45) is 1.62. The third-order valence-corrected chi connectivity index (χ3v) is 9.71. The van der Waals surface area contributed by atoms with Crippen LogP contribution in [-0.4, -0.2) is 101 Å².